The molecule has 28 N–H and O–H groups in total. The first kappa shape index (κ1) is 141. The first-order valence-corrected chi connectivity index (χ1v) is 50.0. The molecule has 0 saturated carbocycles. The van der Waals surface area contributed by atoms with Crippen molar-refractivity contribution in [3.05, 3.63) is 165 Å². The summed E-state index contributed by atoms with van der Waals surface area (Å²) in [6.45, 7) is 34.5. The molecule has 828 valence electrons. The first-order valence-electron chi connectivity index (χ1n) is 50.0. The summed E-state index contributed by atoms with van der Waals surface area (Å²) in [7, 11) is 0. The van der Waals surface area contributed by atoms with E-state index in [1.165, 1.54) is 79.0 Å². The van der Waals surface area contributed by atoms with E-state index in [2.05, 4.69) is 58.6 Å². The minimum absolute atomic E-state index is 0.175. The van der Waals surface area contributed by atoms with Crippen molar-refractivity contribution in [3.8, 4) is 23.0 Å². The molecular weight excluding hydrogens is 1880 g/mol. The summed E-state index contributed by atoms with van der Waals surface area (Å²) in [4.78, 5) is 116. The molecule has 0 heterocycles. The minimum atomic E-state index is -1.04. The van der Waals surface area contributed by atoms with E-state index >= 15 is 0 Å². The molecule has 0 bridgehead atoms. The molecule has 5 aromatic carbocycles. The first-order chi connectivity index (χ1) is 68.4. The summed E-state index contributed by atoms with van der Waals surface area (Å²) in [5.74, 6) is -3.46. The lowest BCUT2D eigenvalue weighted by Gasteiger charge is -2.14. The molecule has 0 amide bonds. The third-order valence-electron chi connectivity index (χ3n) is 20.7. The van der Waals surface area contributed by atoms with E-state index in [1.807, 2.05) is 91.9 Å². The van der Waals surface area contributed by atoms with Crippen molar-refractivity contribution in [3.63, 3.8) is 0 Å². The molecule has 41 heteroatoms. The monoisotopic (exact) mass is 2060 g/mol. The molecule has 0 fully saturated rings. The number of unbranched alkanes of at least 4 members (excludes halogenated alkanes) is 6. The van der Waals surface area contributed by atoms with Gasteiger partial charge in [-0.15, -0.1) is 10.1 Å². The second-order valence-corrected chi connectivity index (χ2v) is 34.5. The number of aryl methyl sites for hydroxylation is 5. The number of carbonyl (C=O) groups is 9. The lowest BCUT2D eigenvalue weighted by molar-refractivity contribution is -0.768. The van der Waals surface area contributed by atoms with Gasteiger partial charge in [0.1, 0.15) is 96.7 Å². The average molecular weight is 2060 g/mol. The Bertz CT molecular complexity index is 4230. The van der Waals surface area contributed by atoms with Gasteiger partial charge < -0.3 is 150 Å². The quantitative estimate of drug-likeness (QED) is 0.00470. The van der Waals surface area contributed by atoms with E-state index in [4.69, 9.17) is 125 Å². The van der Waals surface area contributed by atoms with Gasteiger partial charge in [-0.3, -0.25) is 24.0 Å². The standard InChI is InChI=1S/2C14H21NO3.3C13H19NO3.C11H22N2O6.C9H20N2O3.C9H19NO3.C8H17NO3/c1-3-4-6-11-7-5-8-12(9-11)18-14(17)13(15)10(2)16;1-3-4-5-11-6-8-12(9-7-11)18-14(17)13(15)10(2)16;1-3-10-4-6-11(7-5-10)8-17-13(16)12(14)9(2)15;1-3-5-10-6-4-7-11(8-10)17-13(16)12(14)9(2)15;1-3-4-10-5-7-11(8-6-10)17-13(16)12(14)9(2)15;1-3-9(19-13(16)17)6-4-5-7-18-11(15)10(12)8(2)14;1-3-4-11-5-6-14-9(13)8(10)7(2)12;1-3-4-5-6-13-9(12)8(10)7(2)11;1-3-4-5-12-8(11)7(9)6(2)10/h5,7-10,13,16H,3-4,6,15H2,1-2H3;6-10,13,16H,3-5,15H2,1-2H3;4-7,9,12,15H,3,8,14H2,1-2H3;4,6-9,12,15H,3,5,14H2,1-2H3;5-9,12,15H,3-4,14H2,1-2H3;8-10,14H,3-7,12H2,1-2H3;7-8,11-12H,3-6,10H2,1-2H3;7-8,11H,3-6,10H2,1-2H3;6-7,10H,3-5,9H2,1-2H3. The maximum Gasteiger partial charge on any atom is 0.330 e. The molecular formula is C104H177N11O30. The highest BCUT2D eigenvalue weighted by Gasteiger charge is 2.28. The van der Waals surface area contributed by atoms with Gasteiger partial charge >= 0.3 is 53.7 Å². The number of aliphatic hydroxyl groups excluding tert-OH is 9. The van der Waals surface area contributed by atoms with Crippen LogP contribution in [-0.4, -0.2) is 260 Å². The second-order valence-electron chi connectivity index (χ2n) is 34.5. The molecule has 0 aliphatic rings. The molecule has 0 radical (unpaired) electrons. The maximum atomic E-state index is 11.6. The van der Waals surface area contributed by atoms with Gasteiger partial charge in [0.05, 0.1) is 74.8 Å². The largest absolute Gasteiger partial charge is 0.464 e. The van der Waals surface area contributed by atoms with Gasteiger partial charge in [0.15, 0.2) is 0 Å². The Morgan fingerprint density at radius 1 is 0.297 bits per heavy atom. The Kier molecular flexibility index (Phi) is 83.5. The van der Waals surface area contributed by atoms with Gasteiger partial charge in [-0.2, -0.15) is 0 Å². The summed E-state index contributed by atoms with van der Waals surface area (Å²) in [6, 6.07) is 28.4. The van der Waals surface area contributed by atoms with E-state index in [1.54, 1.807) is 43.3 Å². The Morgan fingerprint density at radius 2 is 0.579 bits per heavy atom. The van der Waals surface area contributed by atoms with Crippen LogP contribution in [0.4, 0.5) is 0 Å². The number of carbonyl (C=O) groups excluding carboxylic acids is 9. The summed E-state index contributed by atoms with van der Waals surface area (Å²) in [5.41, 5.74) is 55.6. The number of hydrogen-bond donors (Lipinski definition) is 19. The molecule has 0 aliphatic carbocycles. The molecule has 0 spiro atoms. The molecule has 145 heavy (non-hydrogen) atoms. The number of aliphatic hydroxyl groups is 9. The van der Waals surface area contributed by atoms with Crippen LogP contribution in [0.2, 0.25) is 0 Å². The molecule has 0 aliphatic heterocycles. The Balaban J connectivity index is -0.000000774. The van der Waals surface area contributed by atoms with E-state index < -0.39 is 174 Å². The highest BCUT2D eigenvalue weighted by molar-refractivity contribution is 5.81. The Labute approximate surface area is 857 Å². The number of benzene rings is 5. The number of esters is 9. The number of nitrogens with one attached hydrogen (secondary N) is 1. The maximum absolute atomic E-state index is 11.6. The Morgan fingerprint density at radius 3 is 0.897 bits per heavy atom. The normalized spacial score (nSPS) is 14.5. The number of nitrogens with zero attached hydrogens (tertiary/aromatic N) is 1. The summed E-state index contributed by atoms with van der Waals surface area (Å²) in [6.07, 6.45) is 11.1. The molecule has 0 aromatic heterocycles. The third kappa shape index (κ3) is 71.1. The SMILES string of the molecule is CCC(CCCCOC(=O)C(N)C(C)O)O[N+](=O)[O-].CCCCCOC(=O)C(N)C(C)O.CCCCOC(=O)C(N)C(C)O.CCCCc1ccc(OC(=O)C(N)C(C)O)cc1.CCCCc1cccc(OC(=O)C(N)C(C)O)c1.CCCNCCOC(=O)C(N)C(C)O.CCCc1ccc(OC(=O)C(N)C(C)O)cc1.CCCc1cccc(OC(=O)C(N)C(C)O)c1.CCc1ccc(COC(=O)C(N)C(C)O)cc1. The van der Waals surface area contributed by atoms with Crippen LogP contribution in [0.1, 0.15) is 261 Å². The average Bonchev–Trinajstić information content (AvgIpc) is 0.898. The number of rotatable bonds is 55. The van der Waals surface area contributed by atoms with Gasteiger partial charge in [-0.05, 0) is 241 Å². The predicted molar refractivity (Wildman–Crippen MR) is 553 cm³/mol. The van der Waals surface area contributed by atoms with Crippen LogP contribution in [0.5, 0.6) is 23.0 Å². The topological polar surface area (TPSA) is 717 Å². The van der Waals surface area contributed by atoms with Crippen LogP contribution in [0.15, 0.2) is 121 Å². The van der Waals surface area contributed by atoms with Crippen molar-refractivity contribution in [1.29, 1.82) is 0 Å². The van der Waals surface area contributed by atoms with E-state index in [0.717, 1.165) is 132 Å². The number of nitrogens with two attached hydrogens (primary N) is 9. The Hall–Kier alpha value is -10.2. The number of hydrogen-bond acceptors (Lipinski definition) is 40. The molecule has 19 atom stereocenters. The summed E-state index contributed by atoms with van der Waals surface area (Å²) in [5, 5.41) is 94.3. The smallest absolute Gasteiger partial charge is 0.330 e. The fraction of sp³-hybridized carbons (Fsp3) is 0.625. The zero-order valence-corrected chi connectivity index (χ0v) is 88.6. The van der Waals surface area contributed by atoms with Crippen LogP contribution in [-0.2, 0) is 110 Å². The van der Waals surface area contributed by atoms with Gasteiger partial charge in [-0.1, -0.05) is 180 Å². The fourth-order valence-corrected chi connectivity index (χ4v) is 10.8. The lowest BCUT2D eigenvalue weighted by atomic mass is 10.1. The van der Waals surface area contributed by atoms with Crippen molar-refractivity contribution in [2.24, 2.45) is 51.6 Å². The summed E-state index contributed by atoms with van der Waals surface area (Å²) < 4.78 is 44.7. The van der Waals surface area contributed by atoms with Crippen molar-refractivity contribution in [2.45, 2.75) is 381 Å². The lowest BCUT2D eigenvalue weighted by Crippen LogP contribution is -2.42. The molecule has 5 rings (SSSR count). The van der Waals surface area contributed by atoms with Crippen molar-refractivity contribution < 1.29 is 142 Å². The van der Waals surface area contributed by atoms with Gasteiger partial charge in [0, 0.05) is 6.54 Å². The van der Waals surface area contributed by atoms with Gasteiger partial charge in [-0.25, -0.2) is 19.2 Å². The summed E-state index contributed by atoms with van der Waals surface area (Å²) >= 11 is 0. The molecule has 0 saturated heterocycles. The van der Waals surface area contributed by atoms with Crippen LogP contribution in [0, 0.1) is 10.1 Å². The zero-order chi connectivity index (χ0) is 111. The van der Waals surface area contributed by atoms with Crippen LogP contribution in [0.25, 0.3) is 0 Å². The second kappa shape index (κ2) is 85.8. The highest BCUT2D eigenvalue weighted by Crippen LogP contribution is 2.21. The van der Waals surface area contributed by atoms with E-state index in [9.17, 15) is 68.6 Å². The number of ether oxygens (including phenoxy) is 9. The van der Waals surface area contributed by atoms with E-state index in [0.29, 0.717) is 75.0 Å². The molecule has 41 nitrogen and oxygen atoms in total. The highest BCUT2D eigenvalue weighted by atomic mass is 17.0. The van der Waals surface area contributed by atoms with Crippen LogP contribution < -0.4 is 75.9 Å². The fourth-order valence-electron chi connectivity index (χ4n) is 10.8. The van der Waals surface area contributed by atoms with Crippen molar-refractivity contribution in [2.75, 3.05) is 39.5 Å². The van der Waals surface area contributed by atoms with E-state index in [-0.39, 0.29) is 13.2 Å². The van der Waals surface area contributed by atoms with Crippen molar-refractivity contribution >= 4 is 53.7 Å². The van der Waals surface area contributed by atoms with Gasteiger partial charge in [0.2, 0.25) is 0 Å². The zero-order valence-electron chi connectivity index (χ0n) is 88.6. The van der Waals surface area contributed by atoms with Gasteiger partial charge in [0.25, 0.3) is 5.09 Å². The molecule has 19 unspecified atom stereocenters. The van der Waals surface area contributed by atoms with Crippen molar-refractivity contribution in [1.82, 2.24) is 5.32 Å². The molecule has 5 aromatic rings. The van der Waals surface area contributed by atoms with Crippen LogP contribution >= 0.6 is 0 Å². The minimum Gasteiger partial charge on any atom is -0.464 e. The third-order valence-corrected chi connectivity index (χ3v) is 20.7. The van der Waals surface area contributed by atoms with Crippen LogP contribution in [0.3, 0.4) is 0 Å². The predicted octanol–water partition coefficient (Wildman–Crippen LogP) is 6.89.